The number of methoxy groups -OCH3 is 1. The molecule has 1 unspecified atom stereocenters. The largest absolute Gasteiger partial charge is 0.495 e. The fourth-order valence-electron chi connectivity index (χ4n) is 2.18. The Morgan fingerprint density at radius 3 is 2.55 bits per heavy atom. The quantitative estimate of drug-likeness (QED) is 0.913. The van der Waals surface area contributed by atoms with Crippen molar-refractivity contribution in [3.8, 4) is 5.75 Å². The maximum Gasteiger partial charge on any atom is 0.141 e. The summed E-state index contributed by atoms with van der Waals surface area (Å²) >= 11 is 0. The molecule has 106 valence electrons. The van der Waals surface area contributed by atoms with E-state index < -0.39 is 11.6 Å². The number of aromatic nitrogens is 1. The van der Waals surface area contributed by atoms with Crippen molar-refractivity contribution in [1.82, 2.24) is 10.3 Å². The van der Waals surface area contributed by atoms with Crippen LogP contribution in [0.15, 0.2) is 36.7 Å². The number of hydrogen-bond donors (Lipinski definition) is 1. The van der Waals surface area contributed by atoms with Crippen molar-refractivity contribution in [2.24, 2.45) is 0 Å². The van der Waals surface area contributed by atoms with Crippen molar-refractivity contribution in [3.05, 3.63) is 59.4 Å². The number of nitrogens with zero attached hydrogens (tertiary/aromatic N) is 1. The second-order valence-electron chi connectivity index (χ2n) is 4.44. The lowest BCUT2D eigenvalue weighted by molar-refractivity contribution is 0.399. The molecule has 2 aromatic rings. The Bertz CT molecular complexity index is 570. The van der Waals surface area contributed by atoms with Crippen LogP contribution >= 0.6 is 0 Å². The molecule has 1 aromatic heterocycles. The summed E-state index contributed by atoms with van der Waals surface area (Å²) in [6, 6.07) is 5.25. The van der Waals surface area contributed by atoms with E-state index >= 15 is 0 Å². The van der Waals surface area contributed by atoms with Gasteiger partial charge < -0.3 is 10.1 Å². The maximum atomic E-state index is 13.2. The highest BCUT2D eigenvalue weighted by atomic mass is 19.1. The Morgan fingerprint density at radius 1 is 1.25 bits per heavy atom. The summed E-state index contributed by atoms with van der Waals surface area (Å²) in [5.74, 6) is -0.503. The highest BCUT2D eigenvalue weighted by Gasteiger charge is 2.15. The van der Waals surface area contributed by atoms with Crippen LogP contribution in [0.5, 0.6) is 5.75 Å². The Hall–Kier alpha value is -2.01. The van der Waals surface area contributed by atoms with E-state index in [0.717, 1.165) is 11.6 Å². The normalized spacial score (nSPS) is 12.2. The molecule has 0 aliphatic carbocycles. The molecular formula is C15H16F2N2O. The van der Waals surface area contributed by atoms with E-state index in [1.54, 1.807) is 26.6 Å². The SMILES string of the molecule is CNC(Cc1cc(F)cc(F)c1)c1ccncc1OC. The number of hydrogen-bond acceptors (Lipinski definition) is 3. The standard InChI is InChI=1S/C15H16F2N2O/c1-18-14(13-3-4-19-9-15(13)20-2)7-10-5-11(16)8-12(17)6-10/h3-6,8-9,14,18H,7H2,1-2H3. The molecule has 0 aliphatic heterocycles. The summed E-state index contributed by atoms with van der Waals surface area (Å²) in [6.45, 7) is 0. The predicted molar refractivity (Wildman–Crippen MR) is 72.7 cm³/mol. The molecule has 3 nitrogen and oxygen atoms in total. The van der Waals surface area contributed by atoms with E-state index in [2.05, 4.69) is 10.3 Å². The van der Waals surface area contributed by atoms with E-state index in [1.165, 1.54) is 12.1 Å². The van der Waals surface area contributed by atoms with Crippen molar-refractivity contribution < 1.29 is 13.5 Å². The highest BCUT2D eigenvalue weighted by Crippen LogP contribution is 2.26. The lowest BCUT2D eigenvalue weighted by Crippen LogP contribution is -2.19. The fourth-order valence-corrected chi connectivity index (χ4v) is 2.18. The molecule has 1 heterocycles. The second-order valence-corrected chi connectivity index (χ2v) is 4.44. The summed E-state index contributed by atoms with van der Waals surface area (Å²) in [5.41, 5.74) is 1.48. The van der Waals surface area contributed by atoms with Gasteiger partial charge in [0, 0.05) is 23.9 Å². The van der Waals surface area contributed by atoms with Crippen LogP contribution in [0.2, 0.25) is 0 Å². The third-order valence-corrected chi connectivity index (χ3v) is 3.12. The highest BCUT2D eigenvalue weighted by molar-refractivity contribution is 5.34. The smallest absolute Gasteiger partial charge is 0.141 e. The first-order valence-corrected chi connectivity index (χ1v) is 6.24. The number of ether oxygens (including phenoxy) is 1. The molecule has 0 fully saturated rings. The van der Waals surface area contributed by atoms with Gasteiger partial charge in [0.1, 0.15) is 17.4 Å². The van der Waals surface area contributed by atoms with Gasteiger partial charge in [-0.1, -0.05) is 0 Å². The summed E-state index contributed by atoms with van der Waals surface area (Å²) in [4.78, 5) is 4.00. The molecule has 20 heavy (non-hydrogen) atoms. The van der Waals surface area contributed by atoms with E-state index in [-0.39, 0.29) is 6.04 Å². The molecule has 5 heteroatoms. The first kappa shape index (κ1) is 14.4. The van der Waals surface area contributed by atoms with Gasteiger partial charge in [-0.25, -0.2) is 8.78 Å². The monoisotopic (exact) mass is 278 g/mol. The van der Waals surface area contributed by atoms with Crippen LogP contribution in [0.4, 0.5) is 8.78 Å². The third kappa shape index (κ3) is 3.30. The van der Waals surface area contributed by atoms with Crippen molar-refractivity contribution in [2.45, 2.75) is 12.5 Å². The molecule has 0 bridgehead atoms. The van der Waals surface area contributed by atoms with Gasteiger partial charge in [-0.05, 0) is 37.2 Å². The van der Waals surface area contributed by atoms with Crippen LogP contribution in [-0.4, -0.2) is 19.1 Å². The van der Waals surface area contributed by atoms with Crippen molar-refractivity contribution in [2.75, 3.05) is 14.2 Å². The van der Waals surface area contributed by atoms with Gasteiger partial charge in [0.25, 0.3) is 0 Å². The molecule has 0 saturated heterocycles. The van der Waals surface area contributed by atoms with Crippen molar-refractivity contribution in [3.63, 3.8) is 0 Å². The Morgan fingerprint density at radius 2 is 1.95 bits per heavy atom. The molecule has 1 N–H and O–H groups in total. The van der Waals surface area contributed by atoms with E-state index in [4.69, 9.17) is 4.74 Å². The van der Waals surface area contributed by atoms with Crippen LogP contribution in [0, 0.1) is 11.6 Å². The molecule has 1 aromatic carbocycles. The Balaban J connectivity index is 2.28. The van der Waals surface area contributed by atoms with Crippen LogP contribution in [0.3, 0.4) is 0 Å². The van der Waals surface area contributed by atoms with E-state index in [9.17, 15) is 8.78 Å². The number of benzene rings is 1. The minimum absolute atomic E-state index is 0.117. The molecule has 0 saturated carbocycles. The van der Waals surface area contributed by atoms with Crippen LogP contribution < -0.4 is 10.1 Å². The van der Waals surface area contributed by atoms with Gasteiger partial charge in [-0.2, -0.15) is 0 Å². The lowest BCUT2D eigenvalue weighted by atomic mass is 9.99. The van der Waals surface area contributed by atoms with Crippen molar-refractivity contribution >= 4 is 0 Å². The minimum atomic E-state index is -0.573. The summed E-state index contributed by atoms with van der Waals surface area (Å²) < 4.78 is 31.7. The molecule has 1 atom stereocenters. The van der Waals surface area contributed by atoms with Gasteiger partial charge in [0.15, 0.2) is 0 Å². The molecule has 0 aliphatic rings. The molecule has 0 amide bonds. The van der Waals surface area contributed by atoms with Gasteiger partial charge in [-0.15, -0.1) is 0 Å². The fraction of sp³-hybridized carbons (Fsp3) is 0.267. The maximum absolute atomic E-state index is 13.2. The first-order chi connectivity index (χ1) is 9.63. The average Bonchev–Trinajstić information content (AvgIpc) is 2.43. The zero-order valence-electron chi connectivity index (χ0n) is 11.4. The van der Waals surface area contributed by atoms with Crippen LogP contribution in [0.25, 0.3) is 0 Å². The van der Waals surface area contributed by atoms with Gasteiger partial charge in [0.2, 0.25) is 0 Å². The summed E-state index contributed by atoms with van der Waals surface area (Å²) in [6.07, 6.45) is 3.73. The molecule has 0 spiro atoms. The lowest BCUT2D eigenvalue weighted by Gasteiger charge is -2.19. The minimum Gasteiger partial charge on any atom is -0.495 e. The number of pyridine rings is 1. The molecule has 0 radical (unpaired) electrons. The number of likely N-dealkylation sites (N-methyl/N-ethyl adjacent to an activating group) is 1. The molecule has 2 rings (SSSR count). The Labute approximate surface area is 116 Å². The first-order valence-electron chi connectivity index (χ1n) is 6.24. The molecular weight excluding hydrogens is 262 g/mol. The number of halogens is 2. The van der Waals surface area contributed by atoms with E-state index in [0.29, 0.717) is 17.7 Å². The third-order valence-electron chi connectivity index (χ3n) is 3.12. The number of nitrogens with one attached hydrogen (secondary N) is 1. The summed E-state index contributed by atoms with van der Waals surface area (Å²) in [7, 11) is 3.36. The van der Waals surface area contributed by atoms with Crippen LogP contribution in [0.1, 0.15) is 17.2 Å². The van der Waals surface area contributed by atoms with Crippen molar-refractivity contribution in [1.29, 1.82) is 0 Å². The zero-order valence-corrected chi connectivity index (χ0v) is 11.4. The summed E-state index contributed by atoms with van der Waals surface area (Å²) in [5, 5.41) is 3.13. The van der Waals surface area contributed by atoms with Crippen LogP contribution in [-0.2, 0) is 6.42 Å². The van der Waals surface area contributed by atoms with Gasteiger partial charge in [0.05, 0.1) is 13.3 Å². The Kier molecular flexibility index (Phi) is 4.63. The zero-order chi connectivity index (χ0) is 14.5. The second kappa shape index (κ2) is 6.43. The van der Waals surface area contributed by atoms with Gasteiger partial charge >= 0.3 is 0 Å². The average molecular weight is 278 g/mol. The topological polar surface area (TPSA) is 34.2 Å². The number of rotatable bonds is 5. The van der Waals surface area contributed by atoms with Gasteiger partial charge in [-0.3, -0.25) is 4.98 Å². The van der Waals surface area contributed by atoms with E-state index in [1.807, 2.05) is 6.07 Å². The predicted octanol–water partition coefficient (Wildman–Crippen LogP) is 2.87.